The Labute approximate surface area is 220 Å². The van der Waals surface area contributed by atoms with Crippen molar-refractivity contribution in [1.82, 2.24) is 29.6 Å². The van der Waals surface area contributed by atoms with Gasteiger partial charge in [-0.15, -0.1) is 0 Å². The molecular weight excluding hydrogens is 491 g/mol. The number of nitriles is 1. The minimum atomic E-state index is -1.43. The van der Waals surface area contributed by atoms with Crippen molar-refractivity contribution in [3.05, 3.63) is 42.0 Å². The van der Waals surface area contributed by atoms with Gasteiger partial charge in [0.1, 0.15) is 29.9 Å². The summed E-state index contributed by atoms with van der Waals surface area (Å²) in [6.45, 7) is 10.1. The lowest BCUT2D eigenvalue weighted by Gasteiger charge is -2.35. The van der Waals surface area contributed by atoms with Crippen LogP contribution < -0.4 is 10.1 Å². The Bertz CT molecular complexity index is 1350. The van der Waals surface area contributed by atoms with Gasteiger partial charge in [0.05, 0.1) is 23.5 Å². The maximum Gasteiger partial charge on any atom is 0.410 e. The van der Waals surface area contributed by atoms with Gasteiger partial charge >= 0.3 is 6.09 Å². The fourth-order valence-corrected chi connectivity index (χ4v) is 3.95. The number of carbonyl (C=O) groups is 1. The van der Waals surface area contributed by atoms with Crippen molar-refractivity contribution in [3.63, 3.8) is 0 Å². The second kappa shape index (κ2) is 11.0. The SMILES string of the molecule is CCn1cc(Nc2ncnc(-c3ccc(O[C@H]4CCN(C(=O)OC(C)(C)C)C[C@@H]4F)c(C#N)c3)n2)c(C)n1. The van der Waals surface area contributed by atoms with Gasteiger partial charge in [0.25, 0.3) is 0 Å². The fraction of sp³-hybridized carbons (Fsp3) is 0.462. The van der Waals surface area contributed by atoms with Crippen molar-refractivity contribution in [2.45, 2.75) is 65.5 Å². The van der Waals surface area contributed by atoms with E-state index in [1.165, 1.54) is 11.2 Å². The summed E-state index contributed by atoms with van der Waals surface area (Å²) >= 11 is 0. The van der Waals surface area contributed by atoms with E-state index in [9.17, 15) is 14.4 Å². The van der Waals surface area contributed by atoms with E-state index < -0.39 is 24.0 Å². The van der Waals surface area contributed by atoms with Crippen molar-refractivity contribution in [2.75, 3.05) is 18.4 Å². The van der Waals surface area contributed by atoms with E-state index in [0.29, 0.717) is 17.3 Å². The number of alkyl halides is 1. The molecule has 3 aromatic rings. The number of ether oxygens (including phenoxy) is 2. The molecule has 4 rings (SSSR count). The third-order valence-electron chi connectivity index (χ3n) is 5.86. The second-order valence-corrected chi connectivity index (χ2v) is 9.95. The highest BCUT2D eigenvalue weighted by molar-refractivity contribution is 5.68. The van der Waals surface area contributed by atoms with Crippen LogP contribution in [0.2, 0.25) is 0 Å². The molecule has 12 heteroatoms. The molecular formula is C26H31FN8O3. The second-order valence-electron chi connectivity index (χ2n) is 9.95. The lowest BCUT2D eigenvalue weighted by atomic mass is 10.1. The molecule has 1 amide bonds. The standard InChI is InChI=1S/C26H31FN8O3/c1-6-35-14-20(16(2)33-35)31-24-30-15-29-23(32-24)17-7-8-21(18(11-17)12-28)37-22-9-10-34(13-19(22)27)25(36)38-26(3,4)5/h7-8,11,14-15,19,22H,6,9-10,13H2,1-5H3,(H,29,30,31,32)/t19-,22-/m0/s1. The van der Waals surface area contributed by atoms with E-state index in [1.807, 2.05) is 20.0 Å². The van der Waals surface area contributed by atoms with Crippen molar-refractivity contribution >= 4 is 17.7 Å². The first-order valence-electron chi connectivity index (χ1n) is 12.4. The van der Waals surface area contributed by atoms with Gasteiger partial charge in [0.15, 0.2) is 12.0 Å². The summed E-state index contributed by atoms with van der Waals surface area (Å²) in [6, 6.07) is 7.01. The summed E-state index contributed by atoms with van der Waals surface area (Å²) in [5.74, 6) is 0.953. The van der Waals surface area contributed by atoms with Crippen LogP contribution in [0.1, 0.15) is 45.4 Å². The number of anilines is 2. The smallest absolute Gasteiger partial charge is 0.410 e. The van der Waals surface area contributed by atoms with Crippen molar-refractivity contribution < 1.29 is 18.7 Å². The number of likely N-dealkylation sites (tertiary alicyclic amines) is 1. The molecule has 1 aliphatic rings. The Kier molecular flexibility index (Phi) is 7.75. The molecule has 1 saturated heterocycles. The zero-order valence-corrected chi connectivity index (χ0v) is 22.1. The lowest BCUT2D eigenvalue weighted by molar-refractivity contribution is -0.0106. The molecule has 38 heavy (non-hydrogen) atoms. The maximum absolute atomic E-state index is 14.9. The Morgan fingerprint density at radius 1 is 1.32 bits per heavy atom. The van der Waals surface area contributed by atoms with Gasteiger partial charge in [-0.1, -0.05) is 0 Å². The summed E-state index contributed by atoms with van der Waals surface area (Å²) in [5.41, 5.74) is 1.73. The van der Waals surface area contributed by atoms with Gasteiger partial charge in [-0.05, 0) is 52.8 Å². The summed E-state index contributed by atoms with van der Waals surface area (Å²) in [6.07, 6.45) is 0.735. The number of nitrogens with zero attached hydrogens (tertiary/aromatic N) is 7. The van der Waals surface area contributed by atoms with Crippen LogP contribution in [-0.2, 0) is 11.3 Å². The molecule has 1 N–H and O–H groups in total. The van der Waals surface area contributed by atoms with Crippen molar-refractivity contribution in [2.24, 2.45) is 0 Å². The number of amides is 1. The number of aromatic nitrogens is 5. The Balaban J connectivity index is 1.45. The van der Waals surface area contributed by atoms with Crippen LogP contribution in [0.3, 0.4) is 0 Å². The number of hydrogen-bond acceptors (Lipinski definition) is 9. The molecule has 200 valence electrons. The van der Waals surface area contributed by atoms with E-state index in [2.05, 4.69) is 31.4 Å². The molecule has 0 spiro atoms. The summed E-state index contributed by atoms with van der Waals surface area (Å²) in [5, 5.41) is 17.3. The minimum absolute atomic E-state index is 0.142. The summed E-state index contributed by atoms with van der Waals surface area (Å²) in [7, 11) is 0. The molecule has 1 fully saturated rings. The number of halogens is 1. The van der Waals surface area contributed by atoms with E-state index in [0.717, 1.165) is 17.9 Å². The Morgan fingerprint density at radius 2 is 2.11 bits per heavy atom. The highest BCUT2D eigenvalue weighted by Crippen LogP contribution is 2.29. The fourth-order valence-electron chi connectivity index (χ4n) is 3.95. The third-order valence-corrected chi connectivity index (χ3v) is 5.86. The highest BCUT2D eigenvalue weighted by atomic mass is 19.1. The molecule has 1 aromatic carbocycles. The van der Waals surface area contributed by atoms with Crippen molar-refractivity contribution in [3.8, 4) is 23.2 Å². The molecule has 2 atom stereocenters. The first-order valence-corrected chi connectivity index (χ1v) is 12.4. The largest absolute Gasteiger partial charge is 0.486 e. The molecule has 2 aromatic heterocycles. The average molecular weight is 523 g/mol. The van der Waals surface area contributed by atoms with Crippen LogP contribution >= 0.6 is 0 Å². The number of carbonyl (C=O) groups excluding carboxylic acids is 1. The van der Waals surface area contributed by atoms with Crippen LogP contribution in [0.15, 0.2) is 30.7 Å². The average Bonchev–Trinajstić information content (AvgIpc) is 3.23. The predicted octanol–water partition coefficient (Wildman–Crippen LogP) is 4.41. The molecule has 0 bridgehead atoms. The molecule has 3 heterocycles. The highest BCUT2D eigenvalue weighted by Gasteiger charge is 2.35. The zero-order valence-electron chi connectivity index (χ0n) is 22.1. The summed E-state index contributed by atoms with van der Waals surface area (Å²) < 4.78 is 28.0. The molecule has 0 aliphatic carbocycles. The number of rotatable bonds is 6. The quantitative estimate of drug-likeness (QED) is 0.500. The van der Waals surface area contributed by atoms with E-state index >= 15 is 0 Å². The molecule has 0 radical (unpaired) electrons. The first kappa shape index (κ1) is 26.8. The van der Waals surface area contributed by atoms with Gasteiger partial charge < -0.3 is 19.7 Å². The number of piperidine rings is 1. The molecule has 0 unspecified atom stereocenters. The monoisotopic (exact) mass is 522 g/mol. The van der Waals surface area contributed by atoms with Crippen LogP contribution in [0.5, 0.6) is 5.75 Å². The third kappa shape index (κ3) is 6.34. The first-order chi connectivity index (χ1) is 18.1. The van der Waals surface area contributed by atoms with Crippen LogP contribution in [0.4, 0.5) is 20.8 Å². The maximum atomic E-state index is 14.9. The van der Waals surface area contributed by atoms with Gasteiger partial charge in [-0.3, -0.25) is 4.68 Å². The van der Waals surface area contributed by atoms with Crippen LogP contribution in [0, 0.1) is 18.3 Å². The lowest BCUT2D eigenvalue weighted by Crippen LogP contribution is -2.50. The normalized spacial score (nSPS) is 17.6. The number of hydrogen-bond donors (Lipinski definition) is 1. The van der Waals surface area contributed by atoms with E-state index in [4.69, 9.17) is 9.47 Å². The summed E-state index contributed by atoms with van der Waals surface area (Å²) in [4.78, 5) is 26.5. The minimum Gasteiger partial charge on any atom is -0.486 e. The zero-order chi connectivity index (χ0) is 27.4. The molecule has 1 aliphatic heterocycles. The van der Waals surface area contributed by atoms with Gasteiger partial charge in [-0.25, -0.2) is 19.2 Å². The van der Waals surface area contributed by atoms with Crippen LogP contribution in [0.25, 0.3) is 11.4 Å². The predicted molar refractivity (Wildman–Crippen MR) is 138 cm³/mol. The van der Waals surface area contributed by atoms with Gasteiger partial charge in [0.2, 0.25) is 5.95 Å². The van der Waals surface area contributed by atoms with Gasteiger partial charge in [0, 0.05) is 31.3 Å². The van der Waals surface area contributed by atoms with Crippen molar-refractivity contribution in [1.29, 1.82) is 5.26 Å². The Hall–Kier alpha value is -4.27. The van der Waals surface area contributed by atoms with E-state index in [1.54, 1.807) is 43.7 Å². The molecule has 11 nitrogen and oxygen atoms in total. The van der Waals surface area contributed by atoms with E-state index in [-0.39, 0.29) is 30.8 Å². The van der Waals surface area contributed by atoms with Crippen LogP contribution in [-0.4, -0.2) is 66.7 Å². The molecule has 0 saturated carbocycles. The number of nitrogens with one attached hydrogen (secondary N) is 1. The Morgan fingerprint density at radius 3 is 2.76 bits per heavy atom. The number of benzene rings is 1. The van der Waals surface area contributed by atoms with Gasteiger partial charge in [-0.2, -0.15) is 15.3 Å². The topological polar surface area (TPSA) is 131 Å². The number of aryl methyl sites for hydroxylation is 2.